The SMILES string of the molecule is COC(=O)CC1CCC(c2ccc(-c3ccc(-c4ncc(C(F)(F)F)n4COCC[Si](C)(C)C)cn3)cc2)CC1. The second kappa shape index (κ2) is 12.7. The molecule has 0 aliphatic heterocycles. The van der Waals surface area contributed by atoms with Gasteiger partial charge in [0.15, 0.2) is 0 Å². The highest BCUT2D eigenvalue weighted by molar-refractivity contribution is 6.76. The van der Waals surface area contributed by atoms with Crippen molar-refractivity contribution >= 4 is 14.0 Å². The van der Waals surface area contributed by atoms with Gasteiger partial charge >= 0.3 is 12.1 Å². The molecule has 1 fully saturated rings. The van der Waals surface area contributed by atoms with Crippen LogP contribution in [-0.4, -0.2) is 42.3 Å². The first kappa shape index (κ1) is 30.0. The zero-order valence-electron chi connectivity index (χ0n) is 23.6. The molecule has 6 nitrogen and oxygen atoms in total. The summed E-state index contributed by atoms with van der Waals surface area (Å²) < 4.78 is 52.5. The summed E-state index contributed by atoms with van der Waals surface area (Å²) in [7, 11) is 0.0664. The first-order valence-electron chi connectivity index (χ1n) is 13.8. The summed E-state index contributed by atoms with van der Waals surface area (Å²) in [6.45, 7) is 6.78. The number of alkyl halides is 3. The van der Waals surface area contributed by atoms with Gasteiger partial charge in [0.05, 0.1) is 19.0 Å². The molecule has 40 heavy (non-hydrogen) atoms. The Hall–Kier alpha value is -2.98. The van der Waals surface area contributed by atoms with Crippen molar-refractivity contribution in [1.82, 2.24) is 14.5 Å². The molecule has 0 unspecified atom stereocenters. The van der Waals surface area contributed by atoms with E-state index in [2.05, 4.69) is 41.7 Å². The average Bonchev–Trinajstić information content (AvgIpc) is 3.36. The Balaban J connectivity index is 1.43. The van der Waals surface area contributed by atoms with E-state index in [1.54, 1.807) is 18.3 Å². The van der Waals surface area contributed by atoms with Crippen LogP contribution in [0.25, 0.3) is 22.6 Å². The molecule has 0 radical (unpaired) electrons. The van der Waals surface area contributed by atoms with Gasteiger partial charge in [0.2, 0.25) is 0 Å². The molecule has 0 bridgehead atoms. The topological polar surface area (TPSA) is 66.2 Å². The number of esters is 1. The molecule has 2 aromatic heterocycles. The summed E-state index contributed by atoms with van der Waals surface area (Å²) in [5.41, 5.74) is 2.59. The van der Waals surface area contributed by atoms with Crippen molar-refractivity contribution in [2.45, 2.75) is 76.6 Å². The molecule has 1 aliphatic rings. The van der Waals surface area contributed by atoms with Gasteiger partial charge in [-0.05, 0) is 61.3 Å². The predicted molar refractivity (Wildman–Crippen MR) is 151 cm³/mol. The molecular formula is C30H38F3N3O3Si. The van der Waals surface area contributed by atoms with Crippen molar-refractivity contribution in [2.75, 3.05) is 13.7 Å². The lowest BCUT2D eigenvalue weighted by Crippen LogP contribution is -2.23. The van der Waals surface area contributed by atoms with Crippen molar-refractivity contribution in [2.24, 2.45) is 5.92 Å². The van der Waals surface area contributed by atoms with Crippen LogP contribution < -0.4 is 0 Å². The highest BCUT2D eigenvalue weighted by Crippen LogP contribution is 2.38. The fourth-order valence-corrected chi connectivity index (χ4v) is 5.90. The van der Waals surface area contributed by atoms with E-state index in [0.29, 0.717) is 30.4 Å². The molecule has 0 atom stereocenters. The number of pyridine rings is 1. The van der Waals surface area contributed by atoms with E-state index in [1.165, 1.54) is 12.7 Å². The molecule has 1 aromatic carbocycles. The quantitative estimate of drug-likeness (QED) is 0.141. The largest absolute Gasteiger partial charge is 0.469 e. The Morgan fingerprint density at radius 2 is 1.65 bits per heavy atom. The Bertz CT molecular complexity index is 1260. The zero-order chi connectivity index (χ0) is 28.9. The highest BCUT2D eigenvalue weighted by atomic mass is 28.3. The number of carbonyl (C=O) groups excluding carboxylic acids is 1. The van der Waals surface area contributed by atoms with Gasteiger partial charge in [0.1, 0.15) is 18.2 Å². The van der Waals surface area contributed by atoms with Crippen LogP contribution in [0.2, 0.25) is 25.7 Å². The van der Waals surface area contributed by atoms with Crippen LogP contribution in [0.4, 0.5) is 13.2 Å². The number of rotatable bonds is 10. The molecule has 1 saturated carbocycles. The minimum atomic E-state index is -4.54. The number of hydrogen-bond acceptors (Lipinski definition) is 5. The number of aromatic nitrogens is 3. The molecule has 0 spiro atoms. The van der Waals surface area contributed by atoms with Crippen molar-refractivity contribution in [3.8, 4) is 22.6 Å². The van der Waals surface area contributed by atoms with Gasteiger partial charge < -0.3 is 9.47 Å². The second-order valence-electron chi connectivity index (χ2n) is 11.8. The van der Waals surface area contributed by atoms with Crippen LogP contribution in [0.3, 0.4) is 0 Å². The molecule has 0 saturated heterocycles. The minimum absolute atomic E-state index is 0.137. The summed E-state index contributed by atoms with van der Waals surface area (Å²) in [5, 5.41) is 0. The van der Waals surface area contributed by atoms with Gasteiger partial charge in [0.25, 0.3) is 0 Å². The number of halogens is 3. The smallest absolute Gasteiger partial charge is 0.433 e. The van der Waals surface area contributed by atoms with Crippen molar-refractivity contribution in [3.63, 3.8) is 0 Å². The van der Waals surface area contributed by atoms with E-state index >= 15 is 0 Å². The number of carbonyl (C=O) groups is 1. The zero-order valence-corrected chi connectivity index (χ0v) is 24.6. The van der Waals surface area contributed by atoms with E-state index in [0.717, 1.165) is 53.7 Å². The van der Waals surface area contributed by atoms with Gasteiger partial charge in [-0.25, -0.2) is 4.98 Å². The van der Waals surface area contributed by atoms with Crippen LogP contribution in [0.1, 0.15) is 49.3 Å². The third-order valence-electron chi connectivity index (χ3n) is 7.59. The number of benzene rings is 1. The summed E-state index contributed by atoms with van der Waals surface area (Å²) in [6.07, 6.45) is 2.49. The Labute approximate surface area is 235 Å². The van der Waals surface area contributed by atoms with E-state index in [1.807, 2.05) is 12.1 Å². The molecule has 216 valence electrons. The maximum atomic E-state index is 13.7. The standard InChI is InChI=1S/C30H38F3N3O3Si/c1-38-28(37)17-21-5-7-22(8-6-21)23-9-11-24(12-10-23)26-14-13-25(18-34-26)29-35-19-27(30(31,32)33)36(29)20-39-15-16-40(2,3)4/h9-14,18-19,21-22H,5-8,15-17,20H2,1-4H3. The first-order chi connectivity index (χ1) is 18.9. The van der Waals surface area contributed by atoms with Crippen LogP contribution in [0.15, 0.2) is 48.8 Å². The molecule has 0 N–H and O–H groups in total. The van der Waals surface area contributed by atoms with E-state index in [-0.39, 0.29) is 18.5 Å². The van der Waals surface area contributed by atoms with Crippen molar-refractivity contribution < 1.29 is 27.4 Å². The first-order valence-corrected chi connectivity index (χ1v) is 17.5. The van der Waals surface area contributed by atoms with E-state index in [4.69, 9.17) is 9.47 Å². The van der Waals surface area contributed by atoms with Crippen LogP contribution in [-0.2, 0) is 27.2 Å². The van der Waals surface area contributed by atoms with Crippen LogP contribution >= 0.6 is 0 Å². The third kappa shape index (κ3) is 7.81. The average molecular weight is 574 g/mol. The molecule has 3 aromatic rings. The molecule has 2 heterocycles. The number of imidazole rings is 1. The molecule has 4 rings (SSSR count). The maximum Gasteiger partial charge on any atom is 0.433 e. The van der Waals surface area contributed by atoms with Crippen LogP contribution in [0.5, 0.6) is 0 Å². The highest BCUT2D eigenvalue weighted by Gasteiger charge is 2.36. The lowest BCUT2D eigenvalue weighted by Gasteiger charge is -2.28. The van der Waals surface area contributed by atoms with Gasteiger partial charge in [-0.2, -0.15) is 13.2 Å². The Morgan fingerprint density at radius 3 is 2.23 bits per heavy atom. The van der Waals surface area contributed by atoms with Crippen molar-refractivity contribution in [3.05, 3.63) is 60.0 Å². The number of hydrogen-bond donors (Lipinski definition) is 0. The Kier molecular flexibility index (Phi) is 9.51. The Morgan fingerprint density at radius 1 is 0.975 bits per heavy atom. The van der Waals surface area contributed by atoms with Crippen LogP contribution in [0, 0.1) is 5.92 Å². The van der Waals surface area contributed by atoms with Crippen molar-refractivity contribution in [1.29, 1.82) is 0 Å². The van der Waals surface area contributed by atoms with E-state index in [9.17, 15) is 18.0 Å². The normalized spacial score (nSPS) is 18.1. The molecule has 0 amide bonds. The minimum Gasteiger partial charge on any atom is -0.469 e. The van der Waals surface area contributed by atoms with E-state index < -0.39 is 19.9 Å². The van der Waals surface area contributed by atoms with Gasteiger partial charge in [-0.3, -0.25) is 14.3 Å². The predicted octanol–water partition coefficient (Wildman–Crippen LogP) is 7.78. The van der Waals surface area contributed by atoms with Gasteiger partial charge in [-0.1, -0.05) is 43.9 Å². The molecular weight excluding hydrogens is 535 g/mol. The summed E-state index contributed by atoms with van der Waals surface area (Å²) in [5.74, 6) is 0.901. The number of methoxy groups -OCH3 is 1. The maximum absolute atomic E-state index is 13.7. The number of nitrogens with zero attached hydrogens (tertiary/aromatic N) is 3. The lowest BCUT2D eigenvalue weighted by atomic mass is 9.77. The fourth-order valence-electron chi connectivity index (χ4n) is 5.14. The summed E-state index contributed by atoms with van der Waals surface area (Å²) in [4.78, 5) is 20.2. The number of ether oxygens (including phenoxy) is 2. The summed E-state index contributed by atoms with van der Waals surface area (Å²) >= 11 is 0. The van der Waals surface area contributed by atoms with Gasteiger partial charge in [-0.15, -0.1) is 0 Å². The fraction of sp³-hybridized carbons (Fsp3) is 0.500. The molecule has 1 aliphatic carbocycles. The molecule has 10 heteroatoms. The summed E-state index contributed by atoms with van der Waals surface area (Å²) in [6, 6.07) is 12.7. The lowest BCUT2D eigenvalue weighted by molar-refractivity contribution is -0.145. The van der Waals surface area contributed by atoms with Gasteiger partial charge in [0, 0.05) is 38.4 Å². The second-order valence-corrected chi connectivity index (χ2v) is 17.4. The third-order valence-corrected chi connectivity index (χ3v) is 9.30. The monoisotopic (exact) mass is 573 g/mol.